The van der Waals surface area contributed by atoms with Gasteiger partial charge in [0.25, 0.3) is 0 Å². The molecule has 1 atom stereocenters. The van der Waals surface area contributed by atoms with Gasteiger partial charge in [0.05, 0.1) is 6.61 Å². The van der Waals surface area contributed by atoms with E-state index in [0.717, 1.165) is 13.1 Å². The van der Waals surface area contributed by atoms with Gasteiger partial charge in [0.15, 0.2) is 0 Å². The maximum atomic E-state index is 11.9. The van der Waals surface area contributed by atoms with Crippen LogP contribution in [0.3, 0.4) is 0 Å². The van der Waals surface area contributed by atoms with Crippen LogP contribution < -0.4 is 5.32 Å². The van der Waals surface area contributed by atoms with E-state index in [0.29, 0.717) is 25.1 Å². The molecule has 5 heteroatoms. The van der Waals surface area contributed by atoms with E-state index in [4.69, 9.17) is 4.74 Å². The summed E-state index contributed by atoms with van der Waals surface area (Å²) in [4.78, 5) is 16.1. The Morgan fingerprint density at radius 2 is 2.11 bits per heavy atom. The van der Waals surface area contributed by atoms with Crippen LogP contribution >= 0.6 is 0 Å². The third-order valence-corrected chi connectivity index (χ3v) is 3.96. The minimum atomic E-state index is -0.00141. The Kier molecular flexibility index (Phi) is 6.43. The fourth-order valence-corrected chi connectivity index (χ4v) is 2.40. The van der Waals surface area contributed by atoms with Crippen LogP contribution in [-0.2, 0) is 4.74 Å². The molecule has 0 aromatic rings. The quantitative estimate of drug-likeness (QED) is 0.748. The molecule has 1 aliphatic rings. The third-order valence-electron chi connectivity index (χ3n) is 3.96. The Labute approximate surface area is 110 Å². The van der Waals surface area contributed by atoms with Crippen LogP contribution in [0, 0.1) is 5.92 Å². The second kappa shape index (κ2) is 7.59. The van der Waals surface area contributed by atoms with E-state index in [9.17, 15) is 4.79 Å². The molecule has 0 bridgehead atoms. The van der Waals surface area contributed by atoms with Crippen LogP contribution in [0.25, 0.3) is 0 Å². The first kappa shape index (κ1) is 15.2. The van der Waals surface area contributed by atoms with E-state index >= 15 is 0 Å². The second-order valence-electron chi connectivity index (χ2n) is 5.22. The fraction of sp³-hybridized carbons (Fsp3) is 0.923. The molecule has 0 saturated carbocycles. The first-order chi connectivity index (χ1) is 8.56. The molecule has 1 fully saturated rings. The predicted molar refractivity (Wildman–Crippen MR) is 72.7 cm³/mol. The number of hydrogen-bond donors (Lipinski definition) is 1. The Hall–Kier alpha value is -0.810. The topological polar surface area (TPSA) is 44.8 Å². The van der Waals surface area contributed by atoms with Crippen molar-refractivity contribution in [2.75, 3.05) is 47.4 Å². The number of methoxy groups -OCH3 is 1. The predicted octanol–water partition coefficient (Wildman–Crippen LogP) is 1.00. The number of carbonyl (C=O) groups excluding carboxylic acids is 1. The highest BCUT2D eigenvalue weighted by Crippen LogP contribution is 2.22. The van der Waals surface area contributed by atoms with Gasteiger partial charge in [0.2, 0.25) is 0 Å². The average molecular weight is 257 g/mol. The number of ether oxygens (including phenoxy) is 1. The van der Waals surface area contributed by atoms with Gasteiger partial charge < -0.3 is 19.9 Å². The molecule has 0 unspecified atom stereocenters. The number of hydrogen-bond acceptors (Lipinski definition) is 3. The van der Waals surface area contributed by atoms with Crippen molar-refractivity contribution >= 4 is 6.03 Å². The van der Waals surface area contributed by atoms with E-state index in [2.05, 4.69) is 24.2 Å². The van der Waals surface area contributed by atoms with Crippen molar-refractivity contribution in [3.8, 4) is 0 Å². The molecule has 1 aliphatic heterocycles. The van der Waals surface area contributed by atoms with Gasteiger partial charge in [-0.25, -0.2) is 4.79 Å². The van der Waals surface area contributed by atoms with Crippen molar-refractivity contribution in [3.05, 3.63) is 0 Å². The van der Waals surface area contributed by atoms with Crippen LogP contribution in [0.4, 0.5) is 4.79 Å². The van der Waals surface area contributed by atoms with E-state index in [1.165, 1.54) is 12.8 Å². The zero-order chi connectivity index (χ0) is 13.5. The highest BCUT2D eigenvalue weighted by atomic mass is 16.5. The Balaban J connectivity index is 2.35. The molecule has 1 rings (SSSR count). The summed E-state index contributed by atoms with van der Waals surface area (Å²) in [5.41, 5.74) is 0. The second-order valence-corrected chi connectivity index (χ2v) is 5.22. The van der Waals surface area contributed by atoms with Gasteiger partial charge in [-0.3, -0.25) is 0 Å². The van der Waals surface area contributed by atoms with Crippen molar-refractivity contribution in [3.63, 3.8) is 0 Å². The molecule has 1 saturated heterocycles. The zero-order valence-electron chi connectivity index (χ0n) is 12.1. The van der Waals surface area contributed by atoms with Crippen LogP contribution in [0.15, 0.2) is 0 Å². The fourth-order valence-electron chi connectivity index (χ4n) is 2.40. The van der Waals surface area contributed by atoms with E-state index in [1.54, 1.807) is 7.11 Å². The van der Waals surface area contributed by atoms with Gasteiger partial charge in [-0.1, -0.05) is 0 Å². The Bertz CT molecular complexity index is 253. The monoisotopic (exact) mass is 257 g/mol. The van der Waals surface area contributed by atoms with Crippen molar-refractivity contribution < 1.29 is 9.53 Å². The summed E-state index contributed by atoms with van der Waals surface area (Å²) in [7, 11) is 5.67. The number of rotatable bonds is 5. The molecule has 0 aromatic heterocycles. The minimum Gasteiger partial charge on any atom is -0.383 e. The molecule has 2 amide bonds. The van der Waals surface area contributed by atoms with Crippen LogP contribution in [-0.4, -0.2) is 69.3 Å². The lowest BCUT2D eigenvalue weighted by molar-refractivity contribution is 0.130. The number of piperidine rings is 1. The largest absolute Gasteiger partial charge is 0.383 e. The summed E-state index contributed by atoms with van der Waals surface area (Å²) in [5, 5.41) is 2.86. The van der Waals surface area contributed by atoms with Gasteiger partial charge in [0.1, 0.15) is 0 Å². The molecule has 18 heavy (non-hydrogen) atoms. The summed E-state index contributed by atoms with van der Waals surface area (Å²) in [5.74, 6) is 0.611. The van der Waals surface area contributed by atoms with E-state index in [-0.39, 0.29) is 6.03 Å². The molecular weight excluding hydrogens is 230 g/mol. The van der Waals surface area contributed by atoms with Crippen LogP contribution in [0.2, 0.25) is 0 Å². The van der Waals surface area contributed by atoms with Gasteiger partial charge >= 0.3 is 6.03 Å². The van der Waals surface area contributed by atoms with Crippen molar-refractivity contribution in [2.45, 2.75) is 25.8 Å². The molecule has 1 N–H and O–H groups in total. The standard InChI is InChI=1S/C13H27N3O2/c1-11(12-5-8-15(2)9-6-12)16(3)13(17)14-7-10-18-4/h11-12H,5-10H2,1-4H3,(H,14,17)/t11-/m0/s1. The van der Waals surface area contributed by atoms with E-state index < -0.39 is 0 Å². The number of urea groups is 1. The summed E-state index contributed by atoms with van der Waals surface area (Å²) >= 11 is 0. The lowest BCUT2D eigenvalue weighted by Gasteiger charge is -2.37. The summed E-state index contributed by atoms with van der Waals surface area (Å²) in [6.45, 7) is 5.54. The zero-order valence-corrected chi connectivity index (χ0v) is 12.1. The Morgan fingerprint density at radius 3 is 2.67 bits per heavy atom. The molecule has 5 nitrogen and oxygen atoms in total. The third kappa shape index (κ3) is 4.46. The van der Waals surface area contributed by atoms with E-state index in [1.807, 2.05) is 11.9 Å². The molecule has 106 valence electrons. The molecule has 0 aliphatic carbocycles. The molecule has 0 radical (unpaired) electrons. The summed E-state index contributed by atoms with van der Waals surface area (Å²) < 4.78 is 4.92. The molecule has 0 spiro atoms. The van der Waals surface area contributed by atoms with Crippen molar-refractivity contribution in [1.29, 1.82) is 0 Å². The highest BCUT2D eigenvalue weighted by molar-refractivity contribution is 5.74. The van der Waals surface area contributed by atoms with Crippen molar-refractivity contribution in [2.24, 2.45) is 5.92 Å². The normalized spacial score (nSPS) is 19.6. The number of nitrogens with zero attached hydrogens (tertiary/aromatic N) is 2. The average Bonchev–Trinajstić information content (AvgIpc) is 2.38. The van der Waals surface area contributed by atoms with Crippen LogP contribution in [0.1, 0.15) is 19.8 Å². The number of amides is 2. The number of likely N-dealkylation sites (tertiary alicyclic amines) is 1. The SMILES string of the molecule is COCCNC(=O)N(C)[C@@H](C)C1CCN(C)CC1. The number of nitrogens with one attached hydrogen (secondary N) is 1. The smallest absolute Gasteiger partial charge is 0.317 e. The van der Waals surface area contributed by atoms with Crippen LogP contribution in [0.5, 0.6) is 0 Å². The maximum Gasteiger partial charge on any atom is 0.317 e. The highest BCUT2D eigenvalue weighted by Gasteiger charge is 2.27. The van der Waals surface area contributed by atoms with Gasteiger partial charge in [0, 0.05) is 26.7 Å². The molecule has 1 heterocycles. The molecule has 0 aromatic carbocycles. The summed E-state index contributed by atoms with van der Waals surface area (Å²) in [6.07, 6.45) is 2.35. The lowest BCUT2D eigenvalue weighted by atomic mass is 9.90. The lowest BCUT2D eigenvalue weighted by Crippen LogP contribution is -2.48. The van der Waals surface area contributed by atoms with Crippen molar-refractivity contribution in [1.82, 2.24) is 15.1 Å². The van der Waals surface area contributed by atoms with Gasteiger partial charge in [-0.2, -0.15) is 0 Å². The molecular formula is C13H27N3O2. The van der Waals surface area contributed by atoms with Gasteiger partial charge in [-0.15, -0.1) is 0 Å². The Morgan fingerprint density at radius 1 is 1.50 bits per heavy atom. The maximum absolute atomic E-state index is 11.9. The first-order valence-electron chi connectivity index (χ1n) is 6.74. The van der Waals surface area contributed by atoms with Gasteiger partial charge in [-0.05, 0) is 45.8 Å². The minimum absolute atomic E-state index is 0.00141. The number of carbonyl (C=O) groups is 1. The summed E-state index contributed by atoms with van der Waals surface area (Å²) in [6, 6.07) is 0.291. The first-order valence-corrected chi connectivity index (χ1v) is 6.74.